The van der Waals surface area contributed by atoms with Crippen molar-refractivity contribution in [3.05, 3.63) is 71.8 Å². The largest absolute Gasteiger partial charge is 0.464 e. The molecule has 4 rings (SSSR count). The molecular weight excluding hydrogens is 322 g/mol. The van der Waals surface area contributed by atoms with Crippen LogP contribution in [0.2, 0.25) is 0 Å². The lowest BCUT2D eigenvalue weighted by Gasteiger charge is -2.34. The second-order valence-corrected chi connectivity index (χ2v) is 7.58. The summed E-state index contributed by atoms with van der Waals surface area (Å²) < 4.78 is 5.65. The van der Waals surface area contributed by atoms with E-state index in [9.17, 15) is 4.79 Å². The quantitative estimate of drug-likeness (QED) is 0.827. The first-order valence-electron chi connectivity index (χ1n) is 9.83. The molecule has 1 aliphatic heterocycles. The van der Waals surface area contributed by atoms with Gasteiger partial charge in [-0.05, 0) is 24.0 Å². The first kappa shape index (κ1) is 17.3. The minimum Gasteiger partial charge on any atom is -0.464 e. The number of carbonyl (C=O) groups excluding carboxylic acids is 1. The van der Waals surface area contributed by atoms with E-state index in [2.05, 4.69) is 29.6 Å². The Bertz CT molecular complexity index is 683. The molecule has 2 aromatic carbocycles. The highest BCUT2D eigenvalue weighted by molar-refractivity contribution is 5.90. The molecule has 1 atom stereocenters. The maximum atomic E-state index is 13.1. The van der Waals surface area contributed by atoms with Gasteiger partial charge in [0.1, 0.15) is 5.41 Å². The molecule has 1 saturated carbocycles. The number of nitrogens with one attached hydrogen (secondary N) is 1. The number of rotatable bonds is 5. The third kappa shape index (κ3) is 3.05. The Morgan fingerprint density at radius 2 is 1.46 bits per heavy atom. The molecule has 1 aliphatic carbocycles. The zero-order valence-corrected chi connectivity index (χ0v) is 15.2. The van der Waals surface area contributed by atoms with Gasteiger partial charge in [-0.2, -0.15) is 0 Å². The molecule has 0 radical (unpaired) electrons. The number of carbonyl (C=O) groups is 1. The van der Waals surface area contributed by atoms with Crippen LogP contribution in [0.1, 0.15) is 43.2 Å². The van der Waals surface area contributed by atoms with E-state index in [0.29, 0.717) is 12.6 Å². The van der Waals surface area contributed by atoms with Gasteiger partial charge in [0.15, 0.2) is 0 Å². The fourth-order valence-corrected chi connectivity index (χ4v) is 4.69. The fourth-order valence-electron chi connectivity index (χ4n) is 4.69. The monoisotopic (exact) mass is 349 g/mol. The molecule has 26 heavy (non-hydrogen) atoms. The molecule has 1 saturated heterocycles. The zero-order valence-electron chi connectivity index (χ0n) is 15.2. The van der Waals surface area contributed by atoms with Crippen LogP contribution in [0, 0.1) is 5.92 Å². The lowest BCUT2D eigenvalue weighted by molar-refractivity contribution is -0.141. The Labute approximate surface area is 155 Å². The van der Waals surface area contributed by atoms with Crippen molar-refractivity contribution in [2.24, 2.45) is 5.92 Å². The topological polar surface area (TPSA) is 38.3 Å². The molecule has 0 unspecified atom stereocenters. The molecule has 0 spiro atoms. The van der Waals surface area contributed by atoms with Crippen LogP contribution in [-0.4, -0.2) is 25.2 Å². The molecule has 1 heterocycles. The molecule has 1 N–H and O–H groups in total. The normalized spacial score (nSPS) is 22.9. The van der Waals surface area contributed by atoms with Crippen molar-refractivity contribution in [2.45, 2.75) is 43.6 Å². The Kier molecular flexibility index (Phi) is 5.07. The van der Waals surface area contributed by atoms with E-state index < -0.39 is 5.41 Å². The number of hydrogen-bond acceptors (Lipinski definition) is 3. The smallest absolute Gasteiger partial charge is 0.321 e. The summed E-state index contributed by atoms with van der Waals surface area (Å²) in [5.74, 6) is -0.0212. The summed E-state index contributed by atoms with van der Waals surface area (Å²) in [6.07, 6.45) is 6.44. The fraction of sp³-hybridized carbons (Fsp3) is 0.435. The molecule has 2 aliphatic rings. The summed E-state index contributed by atoms with van der Waals surface area (Å²) >= 11 is 0. The second kappa shape index (κ2) is 7.63. The zero-order chi connectivity index (χ0) is 17.8. The van der Waals surface area contributed by atoms with Gasteiger partial charge in [0.2, 0.25) is 0 Å². The van der Waals surface area contributed by atoms with E-state index >= 15 is 0 Å². The van der Waals surface area contributed by atoms with E-state index in [-0.39, 0.29) is 11.9 Å². The molecule has 0 amide bonds. The van der Waals surface area contributed by atoms with Crippen LogP contribution >= 0.6 is 0 Å². The number of cyclic esters (lactones) is 1. The maximum Gasteiger partial charge on any atom is 0.321 e. The minimum absolute atomic E-state index is 0.0988. The van der Waals surface area contributed by atoms with Crippen molar-refractivity contribution in [3.8, 4) is 0 Å². The van der Waals surface area contributed by atoms with Crippen LogP contribution in [0.4, 0.5) is 0 Å². The SMILES string of the molecule is O=C1OC[C@H](CNC2CCCCC2)C1(c1ccccc1)c1ccccc1. The summed E-state index contributed by atoms with van der Waals surface area (Å²) in [4.78, 5) is 13.1. The Morgan fingerprint density at radius 1 is 0.885 bits per heavy atom. The van der Waals surface area contributed by atoms with Crippen molar-refractivity contribution < 1.29 is 9.53 Å². The lowest BCUT2D eigenvalue weighted by Crippen LogP contribution is -2.45. The van der Waals surface area contributed by atoms with E-state index in [1.54, 1.807) is 0 Å². The molecule has 3 nitrogen and oxygen atoms in total. The van der Waals surface area contributed by atoms with Crippen molar-refractivity contribution in [2.75, 3.05) is 13.2 Å². The van der Waals surface area contributed by atoms with Crippen molar-refractivity contribution in [1.82, 2.24) is 5.32 Å². The summed E-state index contributed by atoms with van der Waals surface area (Å²) in [5, 5.41) is 3.75. The van der Waals surface area contributed by atoms with E-state index in [1.165, 1.54) is 32.1 Å². The van der Waals surface area contributed by atoms with Crippen molar-refractivity contribution in [3.63, 3.8) is 0 Å². The van der Waals surface area contributed by atoms with E-state index in [4.69, 9.17) is 4.74 Å². The third-order valence-electron chi connectivity index (χ3n) is 6.07. The van der Waals surface area contributed by atoms with Crippen LogP contribution < -0.4 is 5.32 Å². The van der Waals surface area contributed by atoms with Crippen LogP contribution in [0.25, 0.3) is 0 Å². The van der Waals surface area contributed by atoms with Gasteiger partial charge in [-0.25, -0.2) is 0 Å². The highest BCUT2D eigenvalue weighted by Crippen LogP contribution is 2.44. The predicted octanol–water partition coefficient (Wildman–Crippen LogP) is 4.07. The van der Waals surface area contributed by atoms with Crippen molar-refractivity contribution >= 4 is 5.97 Å². The Morgan fingerprint density at radius 3 is 2.04 bits per heavy atom. The van der Waals surface area contributed by atoms with Crippen LogP contribution in [0.5, 0.6) is 0 Å². The highest BCUT2D eigenvalue weighted by Gasteiger charge is 2.54. The Hall–Kier alpha value is -2.13. The molecule has 2 aromatic rings. The first-order valence-corrected chi connectivity index (χ1v) is 9.83. The van der Waals surface area contributed by atoms with Gasteiger partial charge in [0.25, 0.3) is 0 Å². The Balaban J connectivity index is 1.68. The number of hydrogen-bond donors (Lipinski definition) is 1. The molecule has 0 bridgehead atoms. The molecule has 3 heteroatoms. The van der Waals surface area contributed by atoms with Crippen LogP contribution in [0.3, 0.4) is 0 Å². The van der Waals surface area contributed by atoms with Gasteiger partial charge in [-0.15, -0.1) is 0 Å². The number of benzene rings is 2. The lowest BCUT2D eigenvalue weighted by atomic mass is 9.67. The number of esters is 1. The van der Waals surface area contributed by atoms with Gasteiger partial charge >= 0.3 is 5.97 Å². The molecular formula is C23H27NO2. The standard InChI is InChI=1S/C23H27NO2/c25-22-23(18-10-4-1-5-11-18,19-12-6-2-7-13-19)20(17-26-22)16-24-21-14-8-3-9-15-21/h1-2,4-7,10-13,20-21,24H,3,8-9,14-17H2/t20-/m0/s1. The summed E-state index contributed by atoms with van der Waals surface area (Å²) in [6, 6.07) is 20.9. The average Bonchev–Trinajstić information content (AvgIpc) is 3.05. The predicted molar refractivity (Wildman–Crippen MR) is 103 cm³/mol. The van der Waals surface area contributed by atoms with E-state index in [1.807, 2.05) is 36.4 Å². The highest BCUT2D eigenvalue weighted by atomic mass is 16.5. The van der Waals surface area contributed by atoms with Gasteiger partial charge < -0.3 is 10.1 Å². The van der Waals surface area contributed by atoms with Gasteiger partial charge in [-0.3, -0.25) is 4.79 Å². The molecule has 136 valence electrons. The summed E-state index contributed by atoms with van der Waals surface area (Å²) in [5.41, 5.74) is 1.35. The van der Waals surface area contributed by atoms with Crippen LogP contribution in [-0.2, 0) is 14.9 Å². The molecule has 0 aromatic heterocycles. The van der Waals surface area contributed by atoms with E-state index in [0.717, 1.165) is 17.7 Å². The second-order valence-electron chi connectivity index (χ2n) is 7.58. The number of ether oxygens (including phenoxy) is 1. The summed E-state index contributed by atoms with van der Waals surface area (Å²) in [7, 11) is 0. The van der Waals surface area contributed by atoms with Crippen LogP contribution in [0.15, 0.2) is 60.7 Å². The van der Waals surface area contributed by atoms with Crippen molar-refractivity contribution in [1.29, 1.82) is 0 Å². The third-order valence-corrected chi connectivity index (χ3v) is 6.07. The average molecular weight is 349 g/mol. The minimum atomic E-state index is -0.718. The van der Waals surface area contributed by atoms with Gasteiger partial charge in [-0.1, -0.05) is 79.9 Å². The van der Waals surface area contributed by atoms with Gasteiger partial charge in [0.05, 0.1) is 6.61 Å². The first-order chi connectivity index (χ1) is 12.8. The summed E-state index contributed by atoms with van der Waals surface area (Å²) in [6.45, 7) is 1.28. The maximum absolute atomic E-state index is 13.1. The van der Waals surface area contributed by atoms with Gasteiger partial charge in [0, 0.05) is 18.5 Å². The molecule has 2 fully saturated rings.